The van der Waals surface area contributed by atoms with E-state index in [0.29, 0.717) is 11.4 Å². The number of carbonyl (C=O) groups is 1. The molecule has 22 heavy (non-hydrogen) atoms. The zero-order valence-electron chi connectivity index (χ0n) is 12.6. The van der Waals surface area contributed by atoms with Gasteiger partial charge in [0.25, 0.3) is 0 Å². The summed E-state index contributed by atoms with van der Waals surface area (Å²) in [7, 11) is -3.39. The van der Waals surface area contributed by atoms with Gasteiger partial charge in [-0.15, -0.1) is 0 Å². The van der Waals surface area contributed by atoms with Crippen LogP contribution in [-0.2, 0) is 21.2 Å². The largest absolute Gasteiger partial charge is 0.305 e. The second-order valence-corrected chi connectivity index (χ2v) is 7.30. The van der Waals surface area contributed by atoms with E-state index in [2.05, 4.69) is 4.98 Å². The second kappa shape index (κ2) is 6.70. The number of carbonyl (C=O) groups excluding carboxylic acids is 1. The lowest BCUT2D eigenvalue weighted by Gasteiger charge is -2.24. The molecule has 0 fully saturated rings. The van der Waals surface area contributed by atoms with Crippen molar-refractivity contribution in [2.24, 2.45) is 0 Å². The van der Waals surface area contributed by atoms with E-state index in [9.17, 15) is 13.2 Å². The molecule has 6 heteroatoms. The van der Waals surface area contributed by atoms with E-state index in [4.69, 9.17) is 0 Å². The van der Waals surface area contributed by atoms with Crippen LogP contribution in [0.3, 0.4) is 0 Å². The van der Waals surface area contributed by atoms with Gasteiger partial charge in [-0.3, -0.25) is 9.78 Å². The highest BCUT2D eigenvalue weighted by atomic mass is 32.2. The summed E-state index contributed by atoms with van der Waals surface area (Å²) in [6.07, 6.45) is 2.70. The number of hydrogen-bond acceptors (Lipinski definition) is 4. The molecule has 0 unspecified atom stereocenters. The smallest absolute Gasteiger partial charge is 0.242 e. The summed E-state index contributed by atoms with van der Waals surface area (Å²) >= 11 is 0. The van der Waals surface area contributed by atoms with Gasteiger partial charge in [0, 0.05) is 18.1 Å². The molecule has 0 spiro atoms. The monoisotopic (exact) mass is 318 g/mol. The van der Waals surface area contributed by atoms with Crippen LogP contribution >= 0.6 is 0 Å². The Morgan fingerprint density at radius 2 is 1.82 bits per heavy atom. The molecular weight excluding hydrogens is 300 g/mol. The van der Waals surface area contributed by atoms with E-state index in [1.807, 2.05) is 31.2 Å². The van der Waals surface area contributed by atoms with Crippen molar-refractivity contribution in [3.05, 3.63) is 59.9 Å². The maximum absolute atomic E-state index is 12.4. The molecule has 0 saturated carbocycles. The minimum absolute atomic E-state index is 0.236. The lowest BCUT2D eigenvalue weighted by Crippen LogP contribution is -2.35. The molecule has 1 aromatic heterocycles. The van der Waals surface area contributed by atoms with Crippen LogP contribution in [0.4, 0.5) is 5.69 Å². The number of hydrogen-bond donors (Lipinski definition) is 0. The average molecular weight is 318 g/mol. The first-order valence-corrected chi connectivity index (χ1v) is 8.86. The Morgan fingerprint density at radius 3 is 2.41 bits per heavy atom. The molecule has 116 valence electrons. The molecule has 0 bridgehead atoms. The third-order valence-electron chi connectivity index (χ3n) is 3.14. The molecule has 1 aromatic carbocycles. The maximum Gasteiger partial charge on any atom is 0.242 e. The number of aryl methyl sites for hydroxylation is 1. The van der Waals surface area contributed by atoms with Crippen molar-refractivity contribution in [2.45, 2.75) is 13.5 Å². The van der Waals surface area contributed by atoms with Crippen molar-refractivity contribution in [2.75, 3.05) is 16.9 Å². The Kier molecular flexibility index (Phi) is 4.92. The van der Waals surface area contributed by atoms with Gasteiger partial charge in [-0.25, -0.2) is 8.42 Å². The van der Waals surface area contributed by atoms with Crippen LogP contribution in [0.1, 0.15) is 11.3 Å². The molecule has 2 rings (SSSR count). The van der Waals surface area contributed by atoms with Crippen LogP contribution in [0.5, 0.6) is 0 Å². The fourth-order valence-corrected chi connectivity index (χ4v) is 2.73. The van der Waals surface area contributed by atoms with Crippen molar-refractivity contribution >= 4 is 21.4 Å². The number of amides is 1. The van der Waals surface area contributed by atoms with E-state index in [0.717, 1.165) is 11.8 Å². The summed E-state index contributed by atoms with van der Waals surface area (Å²) in [4.78, 5) is 18.1. The molecule has 0 aliphatic heterocycles. The van der Waals surface area contributed by atoms with Gasteiger partial charge in [-0.05, 0) is 30.7 Å². The van der Waals surface area contributed by atoms with Crippen LogP contribution < -0.4 is 4.90 Å². The molecule has 0 aliphatic rings. The van der Waals surface area contributed by atoms with Crippen LogP contribution in [0, 0.1) is 6.92 Å². The highest BCUT2D eigenvalue weighted by molar-refractivity contribution is 7.91. The van der Waals surface area contributed by atoms with E-state index < -0.39 is 21.5 Å². The van der Waals surface area contributed by atoms with Gasteiger partial charge in [0.2, 0.25) is 5.91 Å². The van der Waals surface area contributed by atoms with Gasteiger partial charge < -0.3 is 4.90 Å². The Bertz CT molecular complexity index is 758. The first-order valence-electron chi connectivity index (χ1n) is 6.80. The lowest BCUT2D eigenvalue weighted by atomic mass is 10.1. The quantitative estimate of drug-likeness (QED) is 0.845. The number of sulfone groups is 1. The number of nitrogens with zero attached hydrogens (tertiary/aromatic N) is 2. The van der Waals surface area contributed by atoms with Crippen molar-refractivity contribution < 1.29 is 13.2 Å². The Balaban J connectivity index is 2.36. The predicted octanol–water partition coefficient (Wildman–Crippen LogP) is 1.97. The zero-order valence-corrected chi connectivity index (χ0v) is 13.4. The standard InChI is InChI=1S/C16H18N2O3S/c1-13-7-3-4-9-15(13)18(16(19)12-22(2,20)21)11-14-8-5-6-10-17-14/h3-10H,11-12H2,1-2H3. The van der Waals surface area contributed by atoms with Crippen molar-refractivity contribution in [1.82, 2.24) is 4.98 Å². The molecule has 1 heterocycles. The molecule has 0 atom stereocenters. The maximum atomic E-state index is 12.4. The Hall–Kier alpha value is -2.21. The van der Waals surface area contributed by atoms with Crippen molar-refractivity contribution in [3.8, 4) is 0 Å². The Morgan fingerprint density at radius 1 is 1.14 bits per heavy atom. The van der Waals surface area contributed by atoms with Gasteiger partial charge >= 0.3 is 0 Å². The Labute approximate surface area is 130 Å². The molecule has 1 amide bonds. The number of rotatable bonds is 5. The van der Waals surface area contributed by atoms with Crippen LogP contribution in [0.15, 0.2) is 48.7 Å². The van der Waals surface area contributed by atoms with Gasteiger partial charge in [0.15, 0.2) is 9.84 Å². The third kappa shape index (κ3) is 4.39. The minimum atomic E-state index is -3.39. The highest BCUT2D eigenvalue weighted by Crippen LogP contribution is 2.21. The minimum Gasteiger partial charge on any atom is -0.305 e. The fraction of sp³-hybridized carbons (Fsp3) is 0.250. The third-order valence-corrected chi connectivity index (χ3v) is 3.91. The van der Waals surface area contributed by atoms with Crippen LogP contribution in [0.25, 0.3) is 0 Å². The van der Waals surface area contributed by atoms with E-state index >= 15 is 0 Å². The SMILES string of the molecule is Cc1ccccc1N(Cc1ccccn1)C(=O)CS(C)(=O)=O. The highest BCUT2D eigenvalue weighted by Gasteiger charge is 2.22. The molecule has 0 aliphatic carbocycles. The number of anilines is 1. The fourth-order valence-electron chi connectivity index (χ4n) is 2.13. The van der Waals surface area contributed by atoms with Gasteiger partial charge in [0.1, 0.15) is 5.75 Å². The molecule has 2 aromatic rings. The van der Waals surface area contributed by atoms with Crippen molar-refractivity contribution in [3.63, 3.8) is 0 Å². The number of pyridine rings is 1. The first kappa shape index (κ1) is 16.2. The van der Waals surface area contributed by atoms with Crippen LogP contribution in [0.2, 0.25) is 0 Å². The molecule has 5 nitrogen and oxygen atoms in total. The van der Waals surface area contributed by atoms with E-state index in [1.54, 1.807) is 24.4 Å². The average Bonchev–Trinajstić information content (AvgIpc) is 2.45. The van der Waals surface area contributed by atoms with Crippen LogP contribution in [-0.4, -0.2) is 31.3 Å². The molecule has 0 radical (unpaired) electrons. The summed E-state index contributed by atoms with van der Waals surface area (Å²) in [5.74, 6) is -0.976. The predicted molar refractivity (Wildman–Crippen MR) is 86.3 cm³/mol. The van der Waals surface area contributed by atoms with E-state index in [-0.39, 0.29) is 6.54 Å². The molecular formula is C16H18N2O3S. The van der Waals surface area contributed by atoms with E-state index in [1.165, 1.54) is 4.90 Å². The number of para-hydroxylation sites is 1. The second-order valence-electron chi connectivity index (χ2n) is 5.16. The summed E-state index contributed by atoms with van der Waals surface area (Å²) in [6.45, 7) is 2.12. The summed E-state index contributed by atoms with van der Waals surface area (Å²) in [5, 5.41) is 0. The lowest BCUT2D eigenvalue weighted by molar-refractivity contribution is -0.116. The number of aromatic nitrogens is 1. The number of benzene rings is 1. The first-order chi connectivity index (χ1) is 10.4. The normalized spacial score (nSPS) is 11.2. The van der Waals surface area contributed by atoms with Gasteiger partial charge in [-0.1, -0.05) is 24.3 Å². The molecule has 0 saturated heterocycles. The van der Waals surface area contributed by atoms with Gasteiger partial charge in [0.05, 0.1) is 12.2 Å². The zero-order chi connectivity index (χ0) is 16.2. The summed E-state index contributed by atoms with van der Waals surface area (Å²) in [6, 6.07) is 12.8. The topological polar surface area (TPSA) is 67.3 Å². The summed E-state index contributed by atoms with van der Waals surface area (Å²) < 4.78 is 22.9. The van der Waals surface area contributed by atoms with Crippen molar-refractivity contribution in [1.29, 1.82) is 0 Å². The van der Waals surface area contributed by atoms with Gasteiger partial charge in [-0.2, -0.15) is 0 Å². The molecule has 0 N–H and O–H groups in total. The summed E-state index contributed by atoms with van der Waals surface area (Å²) in [5.41, 5.74) is 2.30.